The second-order valence-electron chi connectivity index (χ2n) is 6.44. The molecule has 0 saturated carbocycles. The van der Waals surface area contributed by atoms with E-state index < -0.39 is 0 Å². The summed E-state index contributed by atoms with van der Waals surface area (Å²) < 4.78 is 0. The maximum absolute atomic E-state index is 7.43. The summed E-state index contributed by atoms with van der Waals surface area (Å²) in [6.07, 6.45) is 0. The molecule has 20 heavy (non-hydrogen) atoms. The van der Waals surface area contributed by atoms with Gasteiger partial charge in [-0.25, -0.2) is 0 Å². The van der Waals surface area contributed by atoms with Crippen LogP contribution in [0.5, 0.6) is 0 Å². The van der Waals surface area contributed by atoms with Crippen molar-refractivity contribution in [2.75, 3.05) is 36.4 Å². The number of rotatable bonds is 2. The van der Waals surface area contributed by atoms with Crippen LogP contribution in [0.3, 0.4) is 0 Å². The molecule has 1 saturated heterocycles. The summed E-state index contributed by atoms with van der Waals surface area (Å²) in [5.74, 6) is 0.469. The number of hydrogen-bond donors (Lipinski definition) is 2. The normalized spacial score (nSPS) is 17.1. The van der Waals surface area contributed by atoms with E-state index in [1.165, 1.54) is 5.69 Å². The van der Waals surface area contributed by atoms with Crippen LogP contribution < -0.4 is 10.2 Å². The van der Waals surface area contributed by atoms with Gasteiger partial charge in [-0.15, -0.1) is 0 Å². The van der Waals surface area contributed by atoms with Crippen molar-refractivity contribution in [2.45, 2.75) is 33.2 Å². The van der Waals surface area contributed by atoms with Gasteiger partial charge in [0.1, 0.15) is 0 Å². The number of anilines is 2. The van der Waals surface area contributed by atoms with Crippen molar-refractivity contribution >= 4 is 17.2 Å². The zero-order chi connectivity index (χ0) is 14.8. The van der Waals surface area contributed by atoms with E-state index in [1.54, 1.807) is 6.92 Å². The number of amidine groups is 1. The summed E-state index contributed by atoms with van der Waals surface area (Å²) in [6, 6.07) is 8.36. The highest BCUT2D eigenvalue weighted by atomic mass is 15.3. The lowest BCUT2D eigenvalue weighted by atomic mass is 10.0. The molecular weight excluding hydrogens is 248 g/mol. The average molecular weight is 274 g/mol. The maximum Gasteiger partial charge on any atom is 0.0944 e. The van der Waals surface area contributed by atoms with Crippen LogP contribution in [-0.4, -0.2) is 42.5 Å². The third-order valence-corrected chi connectivity index (χ3v) is 3.79. The van der Waals surface area contributed by atoms with Gasteiger partial charge in [0.25, 0.3) is 0 Å². The number of piperazine rings is 1. The first kappa shape index (κ1) is 14.9. The SMILES string of the molecule is CC(=N)Nc1ccc(N2CCN(C(C)(C)C)CC2)cc1. The van der Waals surface area contributed by atoms with Crippen molar-refractivity contribution in [1.82, 2.24) is 4.90 Å². The standard InChI is InChI=1S/C16H26N4/c1-13(17)18-14-5-7-15(8-6-14)19-9-11-20(12-10-19)16(2,3)4/h5-8H,9-12H2,1-4H3,(H2,17,18). The van der Waals surface area contributed by atoms with Crippen LogP contribution in [0.2, 0.25) is 0 Å². The van der Waals surface area contributed by atoms with Crippen molar-refractivity contribution in [2.24, 2.45) is 0 Å². The highest BCUT2D eigenvalue weighted by Crippen LogP contribution is 2.22. The first-order valence-corrected chi connectivity index (χ1v) is 7.28. The number of nitrogens with zero attached hydrogens (tertiary/aromatic N) is 2. The molecule has 0 aliphatic carbocycles. The lowest BCUT2D eigenvalue weighted by molar-refractivity contribution is 0.128. The predicted molar refractivity (Wildman–Crippen MR) is 87.0 cm³/mol. The fourth-order valence-electron chi connectivity index (χ4n) is 2.61. The molecule has 4 heteroatoms. The second kappa shape index (κ2) is 5.83. The van der Waals surface area contributed by atoms with Crippen LogP contribution in [0.1, 0.15) is 27.7 Å². The van der Waals surface area contributed by atoms with E-state index in [9.17, 15) is 0 Å². The van der Waals surface area contributed by atoms with Gasteiger partial charge >= 0.3 is 0 Å². The molecule has 0 bridgehead atoms. The average Bonchev–Trinajstić information content (AvgIpc) is 2.38. The molecule has 0 amide bonds. The Labute approximate surface area is 122 Å². The summed E-state index contributed by atoms with van der Waals surface area (Å²) >= 11 is 0. The molecule has 0 unspecified atom stereocenters. The molecule has 1 aliphatic rings. The summed E-state index contributed by atoms with van der Waals surface area (Å²) in [6.45, 7) is 13.0. The van der Waals surface area contributed by atoms with Crippen molar-refractivity contribution < 1.29 is 0 Å². The zero-order valence-corrected chi connectivity index (χ0v) is 13.0. The largest absolute Gasteiger partial charge is 0.369 e. The van der Waals surface area contributed by atoms with Crippen molar-refractivity contribution in [3.8, 4) is 0 Å². The van der Waals surface area contributed by atoms with E-state index >= 15 is 0 Å². The van der Waals surface area contributed by atoms with Gasteiger partial charge in [0.2, 0.25) is 0 Å². The van der Waals surface area contributed by atoms with Crippen LogP contribution in [-0.2, 0) is 0 Å². The molecule has 1 aromatic rings. The quantitative estimate of drug-likeness (QED) is 0.643. The van der Waals surface area contributed by atoms with E-state index in [1.807, 2.05) is 12.1 Å². The Bertz CT molecular complexity index is 450. The first-order valence-electron chi connectivity index (χ1n) is 7.28. The Morgan fingerprint density at radius 2 is 1.60 bits per heavy atom. The third kappa shape index (κ3) is 3.73. The Kier molecular flexibility index (Phi) is 4.33. The molecule has 0 spiro atoms. The van der Waals surface area contributed by atoms with Crippen molar-refractivity contribution in [1.29, 1.82) is 5.41 Å². The number of benzene rings is 1. The summed E-state index contributed by atoms with van der Waals surface area (Å²) in [5.41, 5.74) is 2.52. The van der Waals surface area contributed by atoms with Crippen molar-refractivity contribution in [3.05, 3.63) is 24.3 Å². The van der Waals surface area contributed by atoms with E-state index in [4.69, 9.17) is 5.41 Å². The monoisotopic (exact) mass is 274 g/mol. The Hall–Kier alpha value is -1.55. The van der Waals surface area contributed by atoms with Crippen LogP contribution >= 0.6 is 0 Å². The Morgan fingerprint density at radius 1 is 1.05 bits per heavy atom. The van der Waals surface area contributed by atoms with Gasteiger partial charge < -0.3 is 10.2 Å². The molecule has 110 valence electrons. The van der Waals surface area contributed by atoms with E-state index in [-0.39, 0.29) is 5.54 Å². The van der Waals surface area contributed by atoms with Gasteiger partial charge in [-0.3, -0.25) is 10.3 Å². The lowest BCUT2D eigenvalue weighted by Crippen LogP contribution is -2.53. The zero-order valence-electron chi connectivity index (χ0n) is 13.0. The Morgan fingerprint density at radius 3 is 2.05 bits per heavy atom. The summed E-state index contributed by atoms with van der Waals surface area (Å²) in [5, 5.41) is 10.5. The molecule has 1 aromatic carbocycles. The van der Waals surface area contributed by atoms with Gasteiger partial charge in [-0.2, -0.15) is 0 Å². The lowest BCUT2D eigenvalue weighted by Gasteiger charge is -2.43. The summed E-state index contributed by atoms with van der Waals surface area (Å²) in [4.78, 5) is 4.97. The van der Waals surface area contributed by atoms with E-state index in [0.717, 1.165) is 31.9 Å². The van der Waals surface area contributed by atoms with Crippen molar-refractivity contribution in [3.63, 3.8) is 0 Å². The smallest absolute Gasteiger partial charge is 0.0944 e. The van der Waals surface area contributed by atoms with Crippen LogP contribution in [0.25, 0.3) is 0 Å². The van der Waals surface area contributed by atoms with Crippen LogP contribution in [0.4, 0.5) is 11.4 Å². The van der Waals surface area contributed by atoms with Gasteiger partial charge in [-0.05, 0) is 52.0 Å². The molecule has 1 fully saturated rings. The fraction of sp³-hybridized carbons (Fsp3) is 0.562. The van der Waals surface area contributed by atoms with Gasteiger partial charge in [0, 0.05) is 43.1 Å². The fourth-order valence-corrected chi connectivity index (χ4v) is 2.61. The highest BCUT2D eigenvalue weighted by Gasteiger charge is 2.25. The van der Waals surface area contributed by atoms with Gasteiger partial charge in [0.05, 0.1) is 5.84 Å². The van der Waals surface area contributed by atoms with E-state index in [2.05, 4.69) is 48.0 Å². The molecular formula is C16H26N4. The molecule has 0 aromatic heterocycles. The topological polar surface area (TPSA) is 42.4 Å². The van der Waals surface area contributed by atoms with Gasteiger partial charge in [0.15, 0.2) is 0 Å². The second-order valence-corrected chi connectivity index (χ2v) is 6.44. The third-order valence-electron chi connectivity index (χ3n) is 3.79. The molecule has 1 heterocycles. The molecule has 0 radical (unpaired) electrons. The van der Waals surface area contributed by atoms with Crippen LogP contribution in [0.15, 0.2) is 24.3 Å². The predicted octanol–water partition coefficient (Wildman–Crippen LogP) is 3.02. The molecule has 0 atom stereocenters. The minimum absolute atomic E-state index is 0.265. The number of hydrogen-bond acceptors (Lipinski definition) is 3. The highest BCUT2D eigenvalue weighted by molar-refractivity contribution is 5.91. The molecule has 2 N–H and O–H groups in total. The summed E-state index contributed by atoms with van der Waals surface area (Å²) in [7, 11) is 0. The minimum atomic E-state index is 0.265. The molecule has 1 aliphatic heterocycles. The van der Waals surface area contributed by atoms with E-state index in [0.29, 0.717) is 5.84 Å². The maximum atomic E-state index is 7.43. The van der Waals surface area contributed by atoms with Gasteiger partial charge in [-0.1, -0.05) is 0 Å². The van der Waals surface area contributed by atoms with Crippen LogP contribution in [0, 0.1) is 5.41 Å². The molecule has 2 rings (SSSR count). The molecule has 4 nitrogen and oxygen atoms in total. The first-order chi connectivity index (χ1) is 9.36. The number of nitrogens with one attached hydrogen (secondary N) is 2. The minimum Gasteiger partial charge on any atom is -0.369 e. The Balaban J connectivity index is 1.95.